The van der Waals surface area contributed by atoms with Gasteiger partial charge in [0.1, 0.15) is 0 Å². The largest absolute Gasteiger partial charge is 0.0879 e. The molecule has 14 heavy (non-hydrogen) atoms. The zero-order valence-electron chi connectivity index (χ0n) is 9.38. The van der Waals surface area contributed by atoms with Gasteiger partial charge in [0.15, 0.2) is 0 Å². The van der Waals surface area contributed by atoms with Gasteiger partial charge in [-0.25, -0.2) is 0 Å². The second-order valence-corrected chi connectivity index (χ2v) is 4.62. The summed E-state index contributed by atoms with van der Waals surface area (Å²) in [5, 5.41) is 0. The first kappa shape index (κ1) is 11.0. The van der Waals surface area contributed by atoms with Crippen LogP contribution in [-0.4, -0.2) is 0 Å². The van der Waals surface area contributed by atoms with Gasteiger partial charge in [-0.15, -0.1) is 0 Å². The molecule has 75 valence electrons. The molecule has 1 aromatic rings. The van der Waals surface area contributed by atoms with Crippen molar-refractivity contribution in [3.63, 3.8) is 0 Å². The Morgan fingerprint density at radius 2 is 1.71 bits per heavy atom. The molecule has 0 heteroatoms. The predicted molar refractivity (Wildman–Crippen MR) is 63.3 cm³/mol. The normalized spacial score (nSPS) is 12.3. The molecule has 0 saturated heterocycles. The van der Waals surface area contributed by atoms with Gasteiger partial charge in [0.25, 0.3) is 0 Å². The Morgan fingerprint density at radius 1 is 1.14 bits per heavy atom. The Kier molecular flexibility index (Phi) is 3.51. The summed E-state index contributed by atoms with van der Waals surface area (Å²) in [6.07, 6.45) is 4.90. The smallest absolute Gasteiger partial charge is 0.00975 e. The van der Waals surface area contributed by atoms with Crippen molar-refractivity contribution >= 4 is 0 Å². The summed E-state index contributed by atoms with van der Waals surface area (Å²) in [4.78, 5) is 0. The van der Waals surface area contributed by atoms with Crippen LogP contribution < -0.4 is 0 Å². The standard InChI is InChI=1S/C14H19/c1-5-6-7-12-8-10-13(11-9-12)14(2,3)4/h5-6,8-11H,1,7H2,2-4H3. The fourth-order valence-electron chi connectivity index (χ4n) is 1.36. The molecule has 1 aromatic carbocycles. The maximum atomic E-state index is 3.68. The van der Waals surface area contributed by atoms with Crippen LogP contribution >= 0.6 is 0 Å². The molecule has 0 N–H and O–H groups in total. The zero-order chi connectivity index (χ0) is 10.6. The highest BCUT2D eigenvalue weighted by Gasteiger charge is 2.12. The van der Waals surface area contributed by atoms with Crippen LogP contribution in [0.2, 0.25) is 0 Å². The highest BCUT2D eigenvalue weighted by Crippen LogP contribution is 2.22. The molecule has 1 rings (SSSR count). The maximum Gasteiger partial charge on any atom is -0.00975 e. The molecule has 0 unspecified atom stereocenters. The van der Waals surface area contributed by atoms with Crippen molar-refractivity contribution in [2.24, 2.45) is 0 Å². The van der Waals surface area contributed by atoms with E-state index in [1.807, 2.05) is 6.08 Å². The lowest BCUT2D eigenvalue weighted by molar-refractivity contribution is 0.590. The molecule has 1 radical (unpaired) electrons. The van der Waals surface area contributed by atoms with E-state index in [0.29, 0.717) is 0 Å². The molecule has 0 atom stereocenters. The molecule has 0 aliphatic carbocycles. The summed E-state index contributed by atoms with van der Waals surface area (Å²) >= 11 is 0. The van der Waals surface area contributed by atoms with E-state index < -0.39 is 0 Å². The van der Waals surface area contributed by atoms with Crippen molar-refractivity contribution in [3.8, 4) is 0 Å². The minimum Gasteiger partial charge on any atom is -0.0879 e. The Bertz CT molecular complexity index is 296. The lowest BCUT2D eigenvalue weighted by Gasteiger charge is -2.18. The first-order valence-corrected chi connectivity index (χ1v) is 5.07. The number of hydrogen-bond acceptors (Lipinski definition) is 0. The van der Waals surface area contributed by atoms with Gasteiger partial charge in [0, 0.05) is 0 Å². The molecule has 0 aliphatic rings. The second kappa shape index (κ2) is 4.45. The third kappa shape index (κ3) is 3.02. The monoisotopic (exact) mass is 187 g/mol. The second-order valence-electron chi connectivity index (χ2n) is 4.62. The average Bonchev–Trinajstić information content (AvgIpc) is 2.14. The molecule has 0 spiro atoms. The van der Waals surface area contributed by atoms with Gasteiger partial charge in [0.2, 0.25) is 0 Å². The molecular weight excluding hydrogens is 168 g/mol. The number of benzene rings is 1. The highest BCUT2D eigenvalue weighted by molar-refractivity contribution is 5.28. The van der Waals surface area contributed by atoms with Gasteiger partial charge in [-0.05, 0) is 29.9 Å². The molecular formula is C14H19. The average molecular weight is 187 g/mol. The minimum absolute atomic E-state index is 0.251. The van der Waals surface area contributed by atoms with Gasteiger partial charge in [-0.2, -0.15) is 0 Å². The lowest BCUT2D eigenvalue weighted by Crippen LogP contribution is -2.10. The fraction of sp³-hybridized carbons (Fsp3) is 0.357. The van der Waals surface area contributed by atoms with Crippen molar-refractivity contribution in [2.45, 2.75) is 32.6 Å². The van der Waals surface area contributed by atoms with Crippen LogP contribution in [0.3, 0.4) is 0 Å². The van der Waals surface area contributed by atoms with Gasteiger partial charge < -0.3 is 0 Å². The van der Waals surface area contributed by atoms with Gasteiger partial charge in [-0.3, -0.25) is 0 Å². The molecule has 0 saturated carbocycles. The van der Waals surface area contributed by atoms with Crippen molar-refractivity contribution in [1.82, 2.24) is 0 Å². The van der Waals surface area contributed by atoms with E-state index in [1.54, 1.807) is 0 Å². The first-order chi connectivity index (χ1) is 6.54. The topological polar surface area (TPSA) is 0 Å². The quantitative estimate of drug-likeness (QED) is 0.658. The Hall–Kier alpha value is -1.04. The van der Waals surface area contributed by atoms with E-state index >= 15 is 0 Å². The van der Waals surface area contributed by atoms with E-state index in [4.69, 9.17) is 0 Å². The van der Waals surface area contributed by atoms with Crippen LogP contribution in [0.15, 0.2) is 36.4 Å². The third-order valence-electron chi connectivity index (χ3n) is 2.34. The number of allylic oxidation sites excluding steroid dienone is 2. The van der Waals surface area contributed by atoms with Gasteiger partial charge in [-0.1, -0.05) is 57.2 Å². The Labute approximate surface area is 87.7 Å². The molecule has 0 aromatic heterocycles. The Balaban J connectivity index is 2.79. The molecule has 0 nitrogen and oxygen atoms in total. The Morgan fingerprint density at radius 3 is 2.14 bits per heavy atom. The van der Waals surface area contributed by atoms with E-state index in [0.717, 1.165) is 6.42 Å². The summed E-state index contributed by atoms with van der Waals surface area (Å²) in [7, 11) is 0. The fourth-order valence-corrected chi connectivity index (χ4v) is 1.36. The summed E-state index contributed by atoms with van der Waals surface area (Å²) in [5.74, 6) is 0. The third-order valence-corrected chi connectivity index (χ3v) is 2.34. The minimum atomic E-state index is 0.251. The van der Waals surface area contributed by atoms with Gasteiger partial charge in [0.05, 0.1) is 0 Å². The van der Waals surface area contributed by atoms with E-state index in [1.165, 1.54) is 11.1 Å². The van der Waals surface area contributed by atoms with Crippen molar-refractivity contribution < 1.29 is 0 Å². The molecule has 0 bridgehead atoms. The van der Waals surface area contributed by atoms with Crippen LogP contribution in [0, 0.1) is 6.92 Å². The zero-order valence-corrected chi connectivity index (χ0v) is 9.38. The molecule has 0 heterocycles. The van der Waals surface area contributed by atoms with Crippen molar-refractivity contribution in [2.75, 3.05) is 0 Å². The lowest BCUT2D eigenvalue weighted by atomic mass is 9.86. The first-order valence-electron chi connectivity index (χ1n) is 5.07. The van der Waals surface area contributed by atoms with E-state index in [9.17, 15) is 0 Å². The van der Waals surface area contributed by atoms with E-state index in [-0.39, 0.29) is 5.41 Å². The molecule has 0 amide bonds. The maximum absolute atomic E-state index is 3.68. The number of rotatable bonds is 2. The predicted octanol–water partition coefficient (Wildman–Crippen LogP) is 3.92. The number of hydrogen-bond donors (Lipinski definition) is 0. The van der Waals surface area contributed by atoms with Gasteiger partial charge >= 0.3 is 0 Å². The van der Waals surface area contributed by atoms with Crippen LogP contribution in [0.1, 0.15) is 31.9 Å². The summed E-state index contributed by atoms with van der Waals surface area (Å²) in [5.41, 5.74) is 2.98. The van der Waals surface area contributed by atoms with Crippen molar-refractivity contribution in [1.29, 1.82) is 0 Å². The molecule has 0 aliphatic heterocycles. The van der Waals surface area contributed by atoms with Crippen molar-refractivity contribution in [3.05, 3.63) is 54.5 Å². The van der Waals surface area contributed by atoms with E-state index in [2.05, 4.69) is 58.0 Å². The summed E-state index contributed by atoms with van der Waals surface area (Å²) in [6.45, 7) is 10.4. The van der Waals surface area contributed by atoms with Crippen LogP contribution in [0.4, 0.5) is 0 Å². The SMILES string of the molecule is [CH2]C=CCc1ccc(C(C)(C)C)cc1. The molecule has 0 fully saturated rings. The van der Waals surface area contributed by atoms with Crippen LogP contribution in [0.25, 0.3) is 0 Å². The summed E-state index contributed by atoms with van der Waals surface area (Å²) < 4.78 is 0. The summed E-state index contributed by atoms with van der Waals surface area (Å²) in [6, 6.07) is 8.82. The highest BCUT2D eigenvalue weighted by atomic mass is 14.2. The van der Waals surface area contributed by atoms with Crippen LogP contribution in [0.5, 0.6) is 0 Å². The van der Waals surface area contributed by atoms with Crippen LogP contribution in [-0.2, 0) is 11.8 Å².